The van der Waals surface area contributed by atoms with Gasteiger partial charge < -0.3 is 15.2 Å². The molecule has 1 unspecified atom stereocenters. The third-order valence-corrected chi connectivity index (χ3v) is 5.63. The number of pyridine rings is 1. The zero-order valence-electron chi connectivity index (χ0n) is 16.7. The standard InChI is InChI=1S/C22H28FN3O2/c1-4-11-26-14(2)20(18(24-3)13-19(26)27)22(28)25-21(15-7-5-8-15)16-9-6-10-17(23)12-16/h6,9-10,12-13,15,21,24H,4-5,7-8,11H2,1-3H3,(H,25,28). The topological polar surface area (TPSA) is 63.1 Å². The average Bonchev–Trinajstić information content (AvgIpc) is 2.62. The van der Waals surface area contributed by atoms with E-state index in [4.69, 9.17) is 0 Å². The third kappa shape index (κ3) is 3.96. The Balaban J connectivity index is 1.98. The molecule has 1 aliphatic rings. The van der Waals surface area contributed by atoms with E-state index in [0.29, 0.717) is 29.4 Å². The number of benzene rings is 1. The second-order valence-corrected chi connectivity index (χ2v) is 7.46. The Kier molecular flexibility index (Phi) is 6.17. The van der Waals surface area contributed by atoms with Crippen LogP contribution in [0.5, 0.6) is 0 Å². The molecule has 2 aromatic rings. The average molecular weight is 385 g/mol. The van der Waals surface area contributed by atoms with Gasteiger partial charge in [0.2, 0.25) is 0 Å². The molecular weight excluding hydrogens is 357 g/mol. The van der Waals surface area contributed by atoms with Gasteiger partial charge in [0.15, 0.2) is 0 Å². The van der Waals surface area contributed by atoms with Crippen LogP contribution in [0, 0.1) is 18.7 Å². The van der Waals surface area contributed by atoms with Crippen molar-refractivity contribution >= 4 is 11.6 Å². The minimum absolute atomic E-state index is 0.124. The summed E-state index contributed by atoms with van der Waals surface area (Å²) in [6.07, 6.45) is 3.94. The van der Waals surface area contributed by atoms with Gasteiger partial charge in [-0.05, 0) is 49.8 Å². The summed E-state index contributed by atoms with van der Waals surface area (Å²) in [6, 6.07) is 7.66. The fourth-order valence-corrected chi connectivity index (χ4v) is 3.91. The molecule has 1 saturated carbocycles. The summed E-state index contributed by atoms with van der Waals surface area (Å²) in [5, 5.41) is 6.09. The van der Waals surface area contributed by atoms with Crippen molar-refractivity contribution in [2.75, 3.05) is 12.4 Å². The molecule has 0 aliphatic heterocycles. The van der Waals surface area contributed by atoms with Crippen LogP contribution in [0.15, 0.2) is 35.1 Å². The molecule has 5 nitrogen and oxygen atoms in total. The zero-order valence-corrected chi connectivity index (χ0v) is 16.7. The SMILES string of the molecule is CCCn1c(C)c(C(=O)NC(c2cccc(F)c2)C2CCC2)c(NC)cc1=O. The Morgan fingerprint density at radius 1 is 1.32 bits per heavy atom. The number of halogens is 1. The Morgan fingerprint density at radius 3 is 2.64 bits per heavy atom. The number of hydrogen-bond acceptors (Lipinski definition) is 3. The summed E-state index contributed by atoms with van der Waals surface area (Å²) in [5.74, 6) is -0.252. The molecule has 0 spiro atoms. The van der Waals surface area contributed by atoms with E-state index in [0.717, 1.165) is 31.2 Å². The first kappa shape index (κ1) is 20.1. The molecule has 6 heteroatoms. The molecule has 0 bridgehead atoms. The normalized spacial score (nSPS) is 15.0. The van der Waals surface area contributed by atoms with Crippen molar-refractivity contribution in [2.45, 2.75) is 52.1 Å². The molecule has 1 aliphatic carbocycles. The largest absolute Gasteiger partial charge is 0.387 e. The van der Waals surface area contributed by atoms with E-state index in [1.54, 1.807) is 24.6 Å². The Hall–Kier alpha value is -2.63. The Bertz CT molecular complexity index is 918. The van der Waals surface area contributed by atoms with Crippen molar-refractivity contribution < 1.29 is 9.18 Å². The highest BCUT2D eigenvalue weighted by molar-refractivity contribution is 6.00. The quantitative estimate of drug-likeness (QED) is 0.757. The summed E-state index contributed by atoms with van der Waals surface area (Å²) < 4.78 is 15.4. The van der Waals surface area contributed by atoms with Gasteiger partial charge in [-0.25, -0.2) is 4.39 Å². The predicted octanol–water partition coefficient (Wildman–Crippen LogP) is 4.02. The van der Waals surface area contributed by atoms with Crippen LogP contribution in [0.25, 0.3) is 0 Å². The predicted molar refractivity (Wildman–Crippen MR) is 109 cm³/mol. The van der Waals surface area contributed by atoms with Crippen molar-refractivity contribution in [1.29, 1.82) is 0 Å². The molecule has 0 radical (unpaired) electrons. The number of aromatic nitrogens is 1. The molecule has 1 fully saturated rings. The highest BCUT2D eigenvalue weighted by atomic mass is 19.1. The minimum Gasteiger partial charge on any atom is -0.387 e. The van der Waals surface area contributed by atoms with Crippen LogP contribution in [-0.4, -0.2) is 17.5 Å². The van der Waals surface area contributed by atoms with Crippen molar-refractivity contribution in [3.8, 4) is 0 Å². The number of carbonyl (C=O) groups excluding carboxylic acids is 1. The molecule has 3 rings (SSSR count). The Labute approximate surface area is 165 Å². The summed E-state index contributed by atoms with van der Waals surface area (Å²) in [7, 11) is 1.70. The molecule has 1 atom stereocenters. The van der Waals surface area contributed by atoms with E-state index >= 15 is 0 Å². The lowest BCUT2D eigenvalue weighted by atomic mass is 9.77. The van der Waals surface area contributed by atoms with Crippen molar-refractivity contribution in [1.82, 2.24) is 9.88 Å². The van der Waals surface area contributed by atoms with E-state index in [-0.39, 0.29) is 23.3 Å². The van der Waals surface area contributed by atoms with Gasteiger partial charge in [-0.3, -0.25) is 9.59 Å². The van der Waals surface area contributed by atoms with Crippen LogP contribution in [0.4, 0.5) is 10.1 Å². The first-order valence-corrected chi connectivity index (χ1v) is 9.94. The summed E-state index contributed by atoms with van der Waals surface area (Å²) in [6.45, 7) is 4.35. The minimum atomic E-state index is -0.306. The van der Waals surface area contributed by atoms with Crippen LogP contribution in [0.1, 0.15) is 60.3 Å². The van der Waals surface area contributed by atoms with Crippen molar-refractivity contribution in [3.63, 3.8) is 0 Å². The number of rotatable bonds is 7. The van der Waals surface area contributed by atoms with Gasteiger partial charge in [-0.1, -0.05) is 25.5 Å². The first-order chi connectivity index (χ1) is 13.5. The summed E-state index contributed by atoms with van der Waals surface area (Å²) >= 11 is 0. The van der Waals surface area contributed by atoms with Gasteiger partial charge >= 0.3 is 0 Å². The number of nitrogens with one attached hydrogen (secondary N) is 2. The van der Waals surface area contributed by atoms with E-state index in [1.807, 2.05) is 13.0 Å². The number of nitrogens with zero attached hydrogens (tertiary/aromatic N) is 1. The van der Waals surface area contributed by atoms with Crippen molar-refractivity contribution in [2.24, 2.45) is 5.92 Å². The molecule has 2 N–H and O–H groups in total. The maximum Gasteiger partial charge on any atom is 0.255 e. The fraction of sp³-hybridized carbons (Fsp3) is 0.455. The van der Waals surface area contributed by atoms with Gasteiger partial charge in [-0.15, -0.1) is 0 Å². The molecule has 1 heterocycles. The van der Waals surface area contributed by atoms with Gasteiger partial charge in [0, 0.05) is 25.4 Å². The number of anilines is 1. The monoisotopic (exact) mass is 385 g/mol. The highest BCUT2D eigenvalue weighted by Gasteiger charge is 2.31. The van der Waals surface area contributed by atoms with Crippen LogP contribution >= 0.6 is 0 Å². The lowest BCUT2D eigenvalue weighted by Crippen LogP contribution is -2.38. The van der Waals surface area contributed by atoms with Gasteiger partial charge in [0.05, 0.1) is 17.3 Å². The fourth-order valence-electron chi connectivity index (χ4n) is 3.91. The molecule has 1 aromatic carbocycles. The maximum absolute atomic E-state index is 13.8. The van der Waals surface area contributed by atoms with E-state index in [2.05, 4.69) is 10.6 Å². The Morgan fingerprint density at radius 2 is 2.07 bits per heavy atom. The van der Waals surface area contributed by atoms with Gasteiger partial charge in [0.25, 0.3) is 11.5 Å². The molecular formula is C22H28FN3O2. The summed E-state index contributed by atoms with van der Waals surface area (Å²) in [4.78, 5) is 25.6. The molecule has 1 aromatic heterocycles. The number of hydrogen-bond donors (Lipinski definition) is 2. The molecule has 0 saturated heterocycles. The van der Waals surface area contributed by atoms with E-state index in [9.17, 15) is 14.0 Å². The van der Waals surface area contributed by atoms with Crippen LogP contribution in [-0.2, 0) is 6.54 Å². The van der Waals surface area contributed by atoms with Gasteiger partial charge in [0.1, 0.15) is 5.82 Å². The smallest absolute Gasteiger partial charge is 0.255 e. The van der Waals surface area contributed by atoms with E-state index in [1.165, 1.54) is 18.2 Å². The lowest BCUT2D eigenvalue weighted by Gasteiger charge is -2.35. The molecule has 1 amide bonds. The first-order valence-electron chi connectivity index (χ1n) is 9.94. The van der Waals surface area contributed by atoms with Gasteiger partial charge in [-0.2, -0.15) is 0 Å². The van der Waals surface area contributed by atoms with E-state index < -0.39 is 0 Å². The van der Waals surface area contributed by atoms with Crippen LogP contribution in [0.2, 0.25) is 0 Å². The third-order valence-electron chi connectivity index (χ3n) is 5.63. The van der Waals surface area contributed by atoms with Crippen LogP contribution in [0.3, 0.4) is 0 Å². The number of amides is 1. The summed E-state index contributed by atoms with van der Waals surface area (Å²) in [5.41, 5.74) is 2.28. The second kappa shape index (κ2) is 8.59. The van der Waals surface area contributed by atoms with Crippen molar-refractivity contribution in [3.05, 3.63) is 63.3 Å². The highest BCUT2D eigenvalue weighted by Crippen LogP contribution is 2.38. The second-order valence-electron chi connectivity index (χ2n) is 7.46. The maximum atomic E-state index is 13.8. The molecule has 150 valence electrons. The van der Waals surface area contributed by atoms with Crippen LogP contribution < -0.4 is 16.2 Å². The zero-order chi connectivity index (χ0) is 20.3. The molecule has 28 heavy (non-hydrogen) atoms. The lowest BCUT2D eigenvalue weighted by molar-refractivity contribution is 0.0899. The number of carbonyl (C=O) groups is 1.